The Balaban J connectivity index is 1.62. The van der Waals surface area contributed by atoms with E-state index in [0.717, 1.165) is 25.9 Å². The summed E-state index contributed by atoms with van der Waals surface area (Å²) in [6.07, 6.45) is 1.11. The number of aromatic nitrogens is 2. The van der Waals surface area contributed by atoms with E-state index in [1.807, 2.05) is 0 Å². The van der Waals surface area contributed by atoms with Crippen molar-refractivity contribution in [2.24, 2.45) is 5.92 Å². The third kappa shape index (κ3) is 3.47. The van der Waals surface area contributed by atoms with Crippen molar-refractivity contribution in [3.05, 3.63) is 17.6 Å². The number of fused-ring (bicyclic) bond motifs is 1. The molecule has 3 heterocycles. The molecular formula is C14H17ClF2N4O. The summed E-state index contributed by atoms with van der Waals surface area (Å²) >= 11 is 5.96. The highest BCUT2D eigenvalue weighted by Gasteiger charge is 2.23. The first-order valence-corrected chi connectivity index (χ1v) is 7.66. The molecule has 8 heteroatoms. The highest BCUT2D eigenvalue weighted by Crippen LogP contribution is 2.29. The van der Waals surface area contributed by atoms with Gasteiger partial charge in [-0.1, -0.05) is 0 Å². The molecule has 0 aromatic carbocycles. The monoisotopic (exact) mass is 330 g/mol. The second-order valence-corrected chi connectivity index (χ2v) is 5.77. The number of anilines is 1. The molecule has 5 nitrogen and oxygen atoms in total. The normalized spacial score (nSPS) is 16.8. The maximum Gasteiger partial charge on any atom is 0.250 e. The first-order valence-electron chi connectivity index (χ1n) is 7.28. The fraction of sp³-hybridized carbons (Fsp3) is 0.571. The molecule has 1 saturated heterocycles. The molecule has 0 aliphatic carbocycles. The number of nitrogens with zero attached hydrogens (tertiary/aromatic N) is 3. The van der Waals surface area contributed by atoms with Crippen LogP contribution < -0.4 is 10.2 Å². The van der Waals surface area contributed by atoms with E-state index in [9.17, 15) is 8.78 Å². The van der Waals surface area contributed by atoms with E-state index < -0.39 is 6.43 Å². The Bertz CT molecular complexity index is 628. The third-order valence-electron chi connectivity index (χ3n) is 3.90. The van der Waals surface area contributed by atoms with Gasteiger partial charge in [-0.2, -0.15) is 4.98 Å². The van der Waals surface area contributed by atoms with E-state index in [1.54, 1.807) is 12.3 Å². The van der Waals surface area contributed by atoms with E-state index in [4.69, 9.17) is 16.0 Å². The van der Waals surface area contributed by atoms with Crippen molar-refractivity contribution < 1.29 is 13.2 Å². The summed E-state index contributed by atoms with van der Waals surface area (Å²) < 4.78 is 29.7. The number of alkyl halides is 2. The van der Waals surface area contributed by atoms with Crippen molar-refractivity contribution in [3.8, 4) is 0 Å². The molecule has 3 rings (SSSR count). The molecule has 2 aromatic heterocycles. The molecule has 120 valence electrons. The van der Waals surface area contributed by atoms with Crippen molar-refractivity contribution >= 4 is 28.5 Å². The first kappa shape index (κ1) is 15.4. The van der Waals surface area contributed by atoms with Crippen LogP contribution in [0.5, 0.6) is 0 Å². The summed E-state index contributed by atoms with van der Waals surface area (Å²) in [7, 11) is 0. The second kappa shape index (κ2) is 6.75. The number of furan rings is 1. The fourth-order valence-electron chi connectivity index (χ4n) is 2.78. The van der Waals surface area contributed by atoms with Crippen molar-refractivity contribution in [1.29, 1.82) is 0 Å². The van der Waals surface area contributed by atoms with Gasteiger partial charge in [-0.3, -0.25) is 0 Å². The minimum absolute atomic E-state index is 0.199. The summed E-state index contributed by atoms with van der Waals surface area (Å²) in [6, 6.07) is 1.76. The van der Waals surface area contributed by atoms with Gasteiger partial charge < -0.3 is 14.6 Å². The molecule has 22 heavy (non-hydrogen) atoms. The van der Waals surface area contributed by atoms with Crippen molar-refractivity contribution in [2.75, 3.05) is 31.1 Å². The molecule has 0 atom stereocenters. The van der Waals surface area contributed by atoms with E-state index in [2.05, 4.69) is 20.2 Å². The van der Waals surface area contributed by atoms with E-state index >= 15 is 0 Å². The number of halogens is 3. The van der Waals surface area contributed by atoms with Gasteiger partial charge in [0.05, 0.1) is 12.8 Å². The molecule has 0 saturated carbocycles. The minimum Gasteiger partial charge on any atom is -0.459 e. The lowest BCUT2D eigenvalue weighted by molar-refractivity contribution is 0.143. The molecule has 0 bridgehead atoms. The van der Waals surface area contributed by atoms with Crippen molar-refractivity contribution in [2.45, 2.75) is 19.3 Å². The number of nitrogens with one attached hydrogen (secondary N) is 1. The second-order valence-electron chi connectivity index (χ2n) is 5.43. The quantitative estimate of drug-likeness (QED) is 0.854. The predicted octanol–water partition coefficient (Wildman–Crippen LogP) is 2.95. The lowest BCUT2D eigenvalue weighted by Gasteiger charge is -2.32. The fourth-order valence-corrected chi connectivity index (χ4v) is 2.95. The van der Waals surface area contributed by atoms with Gasteiger partial charge in [0, 0.05) is 19.2 Å². The molecule has 1 N–H and O–H groups in total. The van der Waals surface area contributed by atoms with Crippen LogP contribution in [0.3, 0.4) is 0 Å². The van der Waals surface area contributed by atoms with Crippen molar-refractivity contribution in [1.82, 2.24) is 15.3 Å². The van der Waals surface area contributed by atoms with Gasteiger partial charge in [-0.15, -0.1) is 0 Å². The van der Waals surface area contributed by atoms with Gasteiger partial charge >= 0.3 is 0 Å². The zero-order valence-electron chi connectivity index (χ0n) is 11.9. The number of hydrogen-bond acceptors (Lipinski definition) is 5. The maximum atomic E-state index is 12.1. The van der Waals surface area contributed by atoms with Crippen LogP contribution in [-0.2, 0) is 0 Å². The zero-order chi connectivity index (χ0) is 15.5. The first-order chi connectivity index (χ1) is 10.6. The lowest BCUT2D eigenvalue weighted by Crippen LogP contribution is -2.38. The van der Waals surface area contributed by atoms with Gasteiger partial charge in [0.15, 0.2) is 11.4 Å². The van der Waals surface area contributed by atoms with Crippen LogP contribution in [0.2, 0.25) is 5.28 Å². The average Bonchev–Trinajstić information content (AvgIpc) is 2.95. The summed E-state index contributed by atoms with van der Waals surface area (Å²) in [4.78, 5) is 10.5. The molecule has 0 unspecified atom stereocenters. The van der Waals surface area contributed by atoms with Crippen molar-refractivity contribution in [3.63, 3.8) is 0 Å². The Morgan fingerprint density at radius 3 is 2.86 bits per heavy atom. The number of hydrogen-bond donors (Lipinski definition) is 1. The third-order valence-corrected chi connectivity index (χ3v) is 4.07. The molecule has 0 radical (unpaired) electrons. The van der Waals surface area contributed by atoms with Gasteiger partial charge in [0.1, 0.15) is 5.52 Å². The van der Waals surface area contributed by atoms with Gasteiger partial charge in [-0.05, 0) is 36.9 Å². The molecule has 2 aromatic rings. The predicted molar refractivity (Wildman–Crippen MR) is 80.6 cm³/mol. The van der Waals surface area contributed by atoms with E-state index in [-0.39, 0.29) is 11.8 Å². The Kier molecular flexibility index (Phi) is 4.73. The molecule has 0 amide bonds. The summed E-state index contributed by atoms with van der Waals surface area (Å²) in [5.41, 5.74) is 1.33. The highest BCUT2D eigenvalue weighted by atomic mass is 35.5. The van der Waals surface area contributed by atoms with Crippen LogP contribution in [0, 0.1) is 5.92 Å². The Hall–Kier alpha value is -1.47. The average molecular weight is 331 g/mol. The summed E-state index contributed by atoms with van der Waals surface area (Å²) in [5.74, 6) is 1.11. The SMILES string of the molecule is FC(F)CNCC1CCN(c2nc(Cl)nc3ccoc23)CC1. The minimum atomic E-state index is -2.30. The molecule has 1 aliphatic heterocycles. The molecule has 1 aliphatic rings. The summed E-state index contributed by atoms with van der Waals surface area (Å²) in [5, 5.41) is 3.01. The van der Waals surface area contributed by atoms with E-state index in [0.29, 0.717) is 29.4 Å². The van der Waals surface area contributed by atoms with Crippen LogP contribution in [0.4, 0.5) is 14.6 Å². The molecule has 1 fully saturated rings. The van der Waals surface area contributed by atoms with Gasteiger partial charge in [-0.25, -0.2) is 13.8 Å². The number of piperidine rings is 1. The van der Waals surface area contributed by atoms with Crippen LogP contribution in [-0.4, -0.2) is 42.6 Å². The van der Waals surface area contributed by atoms with E-state index in [1.165, 1.54) is 0 Å². The molecule has 0 spiro atoms. The van der Waals surface area contributed by atoms with Crippen LogP contribution in [0.25, 0.3) is 11.1 Å². The Labute approximate surface area is 131 Å². The number of rotatable bonds is 5. The lowest BCUT2D eigenvalue weighted by atomic mass is 9.97. The maximum absolute atomic E-state index is 12.1. The Morgan fingerprint density at radius 2 is 2.14 bits per heavy atom. The topological polar surface area (TPSA) is 54.2 Å². The summed E-state index contributed by atoms with van der Waals surface area (Å²) in [6.45, 7) is 1.97. The highest BCUT2D eigenvalue weighted by molar-refractivity contribution is 6.28. The zero-order valence-corrected chi connectivity index (χ0v) is 12.7. The largest absolute Gasteiger partial charge is 0.459 e. The van der Waals surface area contributed by atoms with Gasteiger partial charge in [0.25, 0.3) is 6.43 Å². The van der Waals surface area contributed by atoms with Gasteiger partial charge in [0.2, 0.25) is 5.28 Å². The molecular weight excluding hydrogens is 314 g/mol. The standard InChI is InChI=1S/C14H17ClF2N4O/c15-14-19-10-3-6-22-12(10)13(20-14)21-4-1-9(2-5-21)7-18-8-11(16)17/h3,6,9,11,18H,1-2,4-5,7-8H2. The van der Waals surface area contributed by atoms with Crippen LogP contribution >= 0.6 is 11.6 Å². The van der Waals surface area contributed by atoms with Crippen LogP contribution in [0.15, 0.2) is 16.7 Å². The van der Waals surface area contributed by atoms with Crippen LogP contribution in [0.1, 0.15) is 12.8 Å². The Morgan fingerprint density at radius 1 is 1.36 bits per heavy atom. The smallest absolute Gasteiger partial charge is 0.250 e.